The summed E-state index contributed by atoms with van der Waals surface area (Å²) < 4.78 is 10.4. The number of nitrogens with zero attached hydrogens (tertiary/aromatic N) is 2. The molecule has 2 rings (SSSR count). The van der Waals surface area contributed by atoms with Crippen molar-refractivity contribution in [3.8, 4) is 11.5 Å². The summed E-state index contributed by atoms with van der Waals surface area (Å²) >= 11 is 0. The zero-order chi connectivity index (χ0) is 12.3. The Balaban J connectivity index is 2.12. The number of methoxy groups -OCH3 is 2. The molecule has 0 aromatic heterocycles. The molecule has 92 valence electrons. The molecule has 0 aliphatic carbocycles. The van der Waals surface area contributed by atoms with Crippen LogP contribution in [0.1, 0.15) is 5.56 Å². The lowest BCUT2D eigenvalue weighted by Crippen LogP contribution is -3.01. The van der Waals surface area contributed by atoms with Crippen molar-refractivity contribution in [1.29, 1.82) is 0 Å². The number of nitrogens with one attached hydrogen (secondary N) is 1. The molecule has 1 aliphatic rings. The summed E-state index contributed by atoms with van der Waals surface area (Å²) in [4.78, 5) is 0. The fourth-order valence-electron chi connectivity index (χ4n) is 1.82. The minimum Gasteiger partial charge on any atom is -0.605 e. The predicted molar refractivity (Wildman–Crippen MR) is 61.1 cm³/mol. The molecule has 6 nitrogen and oxygen atoms in total. The summed E-state index contributed by atoms with van der Waals surface area (Å²) in [6.45, 7) is 0.384. The maximum absolute atomic E-state index is 11.0. The van der Waals surface area contributed by atoms with Crippen LogP contribution in [-0.2, 0) is 6.42 Å². The van der Waals surface area contributed by atoms with E-state index in [4.69, 9.17) is 9.47 Å². The molecule has 0 saturated carbocycles. The molecule has 2 unspecified atom stereocenters. The number of quaternary nitrogens is 1. The van der Waals surface area contributed by atoms with E-state index in [-0.39, 0.29) is 11.2 Å². The van der Waals surface area contributed by atoms with Gasteiger partial charge in [0.15, 0.2) is 0 Å². The first-order valence-corrected chi connectivity index (χ1v) is 5.37. The molecule has 0 spiro atoms. The normalized spacial score (nSPS) is 22.8. The summed E-state index contributed by atoms with van der Waals surface area (Å²) in [7, 11) is 3.22. The molecule has 17 heavy (non-hydrogen) atoms. The average Bonchev–Trinajstić information content (AvgIpc) is 2.75. The van der Waals surface area contributed by atoms with Gasteiger partial charge in [0.05, 0.1) is 14.2 Å². The lowest BCUT2D eigenvalue weighted by atomic mass is 10.1. The van der Waals surface area contributed by atoms with Crippen molar-refractivity contribution in [2.45, 2.75) is 12.5 Å². The van der Waals surface area contributed by atoms with Gasteiger partial charge in [-0.2, -0.15) is 0 Å². The minimum absolute atomic E-state index is 0.0650. The molecule has 0 amide bonds. The van der Waals surface area contributed by atoms with Gasteiger partial charge in [-0.3, -0.25) is 0 Å². The van der Waals surface area contributed by atoms with Crippen LogP contribution in [0.4, 0.5) is 0 Å². The molecule has 2 atom stereocenters. The van der Waals surface area contributed by atoms with Crippen molar-refractivity contribution in [3.05, 3.63) is 29.0 Å². The maximum Gasteiger partial charge on any atom is 0.132 e. The highest BCUT2D eigenvalue weighted by Crippen LogP contribution is 2.26. The number of rotatable bonds is 4. The van der Waals surface area contributed by atoms with Gasteiger partial charge in [-0.05, 0) is 11.6 Å². The van der Waals surface area contributed by atoms with E-state index >= 15 is 0 Å². The quantitative estimate of drug-likeness (QED) is 0.769. The molecule has 1 N–H and O–H groups in total. The third-order valence-corrected chi connectivity index (χ3v) is 2.69. The van der Waals surface area contributed by atoms with E-state index in [1.165, 1.54) is 0 Å². The number of hydrogen-bond acceptors (Lipinski definition) is 5. The molecule has 6 heteroatoms. The van der Waals surface area contributed by atoms with Crippen molar-refractivity contribution in [2.75, 3.05) is 20.8 Å². The van der Waals surface area contributed by atoms with E-state index in [2.05, 4.69) is 10.3 Å². The van der Waals surface area contributed by atoms with Gasteiger partial charge < -0.3 is 14.7 Å². The Bertz CT molecular complexity index is 422. The molecule has 0 radical (unpaired) electrons. The Morgan fingerprint density at radius 3 is 2.82 bits per heavy atom. The standard InChI is InChI=1S/C11H15N3O3/c1-16-10-4-3-8(11(6-10)17-2)5-9-7-14(15)13-12-9/h3-4,6,9,14H,5,7H2,1-2H3. The van der Waals surface area contributed by atoms with Gasteiger partial charge in [0.25, 0.3) is 0 Å². The van der Waals surface area contributed by atoms with Crippen molar-refractivity contribution >= 4 is 0 Å². The third kappa shape index (κ3) is 2.72. The molecule has 1 aromatic carbocycles. The van der Waals surface area contributed by atoms with E-state index in [0.29, 0.717) is 13.0 Å². The lowest BCUT2D eigenvalue weighted by molar-refractivity contribution is -0.850. The van der Waals surface area contributed by atoms with Gasteiger partial charge in [0.1, 0.15) is 24.1 Å². The summed E-state index contributed by atoms with van der Waals surface area (Å²) in [5.74, 6) is 1.49. The van der Waals surface area contributed by atoms with Crippen molar-refractivity contribution in [3.63, 3.8) is 0 Å². The highest BCUT2D eigenvalue weighted by molar-refractivity contribution is 5.41. The fourth-order valence-corrected chi connectivity index (χ4v) is 1.82. The van der Waals surface area contributed by atoms with Crippen LogP contribution in [0.15, 0.2) is 28.5 Å². The molecule has 1 heterocycles. The van der Waals surface area contributed by atoms with Crippen LogP contribution in [0.5, 0.6) is 11.5 Å². The molecule has 1 aromatic rings. The largest absolute Gasteiger partial charge is 0.605 e. The smallest absolute Gasteiger partial charge is 0.132 e. The second-order valence-electron chi connectivity index (χ2n) is 3.85. The first-order valence-electron chi connectivity index (χ1n) is 5.37. The van der Waals surface area contributed by atoms with Gasteiger partial charge in [-0.15, -0.1) is 5.11 Å². The van der Waals surface area contributed by atoms with Gasteiger partial charge in [-0.1, -0.05) is 6.07 Å². The summed E-state index contributed by atoms with van der Waals surface area (Å²) in [5, 5.41) is 18.3. The highest BCUT2D eigenvalue weighted by atomic mass is 16.5. The van der Waals surface area contributed by atoms with E-state index in [1.807, 2.05) is 18.2 Å². The van der Waals surface area contributed by atoms with Crippen molar-refractivity contribution < 1.29 is 14.6 Å². The summed E-state index contributed by atoms with van der Waals surface area (Å²) in [5.41, 5.74) is 1.01. The zero-order valence-electron chi connectivity index (χ0n) is 9.84. The van der Waals surface area contributed by atoms with Gasteiger partial charge >= 0.3 is 0 Å². The summed E-state index contributed by atoms with van der Waals surface area (Å²) in [6.07, 6.45) is 0.655. The van der Waals surface area contributed by atoms with Crippen LogP contribution in [0, 0.1) is 5.21 Å². The Labute approximate surface area is 99.4 Å². The van der Waals surface area contributed by atoms with Crippen LogP contribution in [0.25, 0.3) is 0 Å². The monoisotopic (exact) mass is 237 g/mol. The van der Waals surface area contributed by atoms with Crippen LogP contribution < -0.4 is 14.6 Å². The lowest BCUT2D eigenvalue weighted by Gasteiger charge is -2.12. The predicted octanol–water partition coefficient (Wildman–Crippen LogP) is 0.378. The topological polar surface area (TPSA) is 70.7 Å². The van der Waals surface area contributed by atoms with Crippen molar-refractivity contribution in [2.24, 2.45) is 10.3 Å². The van der Waals surface area contributed by atoms with E-state index < -0.39 is 0 Å². The molecule has 0 saturated heterocycles. The molecule has 1 aliphatic heterocycles. The van der Waals surface area contributed by atoms with E-state index in [0.717, 1.165) is 17.1 Å². The average molecular weight is 237 g/mol. The highest BCUT2D eigenvalue weighted by Gasteiger charge is 2.20. The Hall–Kier alpha value is -1.66. The molecule has 0 fully saturated rings. The van der Waals surface area contributed by atoms with Crippen molar-refractivity contribution in [1.82, 2.24) is 0 Å². The van der Waals surface area contributed by atoms with E-state index in [9.17, 15) is 5.21 Å². The third-order valence-electron chi connectivity index (χ3n) is 2.69. The van der Waals surface area contributed by atoms with Gasteiger partial charge in [-0.25, -0.2) is 5.17 Å². The van der Waals surface area contributed by atoms with Gasteiger partial charge in [0.2, 0.25) is 0 Å². The minimum atomic E-state index is -0.150. The van der Waals surface area contributed by atoms with Crippen LogP contribution >= 0.6 is 0 Å². The number of ether oxygens (including phenoxy) is 2. The molecular formula is C11H15N3O3. The first-order chi connectivity index (χ1) is 8.22. The van der Waals surface area contributed by atoms with Gasteiger partial charge in [0, 0.05) is 17.7 Å². The molecule has 0 bridgehead atoms. The van der Waals surface area contributed by atoms with Crippen LogP contribution in [0.2, 0.25) is 0 Å². The SMILES string of the molecule is COc1ccc(CC2C[NH+]([O-])N=N2)c(OC)c1. The number of benzene rings is 1. The fraction of sp³-hybridized carbons (Fsp3) is 0.455. The molecular weight excluding hydrogens is 222 g/mol. The van der Waals surface area contributed by atoms with Crippen LogP contribution in [-0.4, -0.2) is 26.8 Å². The Morgan fingerprint density at radius 1 is 1.41 bits per heavy atom. The Morgan fingerprint density at radius 2 is 2.24 bits per heavy atom. The Kier molecular flexibility index (Phi) is 3.55. The second kappa shape index (κ2) is 5.11. The second-order valence-corrected chi connectivity index (χ2v) is 3.85. The number of hydroxylamine groups is 1. The maximum atomic E-state index is 11.0. The zero-order valence-corrected chi connectivity index (χ0v) is 9.84. The van der Waals surface area contributed by atoms with Crippen LogP contribution in [0.3, 0.4) is 0 Å². The van der Waals surface area contributed by atoms with E-state index in [1.54, 1.807) is 14.2 Å². The summed E-state index contributed by atoms with van der Waals surface area (Å²) in [6, 6.07) is 5.55. The first kappa shape index (κ1) is 11.8. The number of hydrogen-bond donors (Lipinski definition) is 1.